The Balaban J connectivity index is 1.36. The van der Waals surface area contributed by atoms with Crippen molar-refractivity contribution in [3.63, 3.8) is 0 Å². The lowest BCUT2D eigenvalue weighted by molar-refractivity contribution is -0.226. The number of urea groups is 1. The first kappa shape index (κ1) is 37.4. The lowest BCUT2D eigenvalue weighted by atomic mass is 9.55. The number of aliphatic hydroxyl groups excluding tert-OH is 2. The van der Waals surface area contributed by atoms with Gasteiger partial charge in [0.25, 0.3) is 0 Å². The van der Waals surface area contributed by atoms with Gasteiger partial charge in [-0.15, -0.1) is 0 Å². The van der Waals surface area contributed by atoms with Crippen LogP contribution in [0.3, 0.4) is 0 Å². The van der Waals surface area contributed by atoms with Crippen LogP contribution < -0.4 is 10.1 Å². The molecule has 3 heterocycles. The summed E-state index contributed by atoms with van der Waals surface area (Å²) >= 11 is 0. The average Bonchev–Trinajstić information content (AvgIpc) is 3.54. The molecule has 0 radical (unpaired) electrons. The zero-order chi connectivity index (χ0) is 36.0. The molecule has 3 aliphatic heterocycles. The zero-order valence-corrected chi connectivity index (χ0v) is 29.9. The molecular weight excluding hydrogens is 656 g/mol. The molecule has 7 atom stereocenters. The van der Waals surface area contributed by atoms with E-state index in [-0.39, 0.29) is 55.1 Å². The van der Waals surface area contributed by atoms with E-state index in [1.54, 1.807) is 25.2 Å². The Morgan fingerprint density at radius 2 is 1.92 bits per heavy atom. The fourth-order valence-corrected chi connectivity index (χ4v) is 8.95. The highest BCUT2D eigenvalue weighted by Crippen LogP contribution is 2.60. The van der Waals surface area contributed by atoms with E-state index in [1.165, 1.54) is 4.90 Å². The topological polar surface area (TPSA) is 174 Å². The number of amides is 3. The number of unbranched alkanes of at least 4 members (excludes halogenated alkanes) is 2. The first-order valence-corrected chi connectivity index (χ1v) is 19.1. The summed E-state index contributed by atoms with van der Waals surface area (Å²) in [6.45, 7) is 2.46. The molecule has 1 saturated carbocycles. The number of allylic oxidation sites excluding steroid dienone is 1. The van der Waals surface area contributed by atoms with Gasteiger partial charge in [0.2, 0.25) is 18.0 Å². The van der Waals surface area contributed by atoms with Crippen molar-refractivity contribution in [2.45, 2.75) is 108 Å². The van der Waals surface area contributed by atoms with E-state index in [9.17, 15) is 30.0 Å². The third-order valence-electron chi connectivity index (χ3n) is 11.5. The number of phenols is 1. The number of hydrogen-bond donors (Lipinski definition) is 5. The summed E-state index contributed by atoms with van der Waals surface area (Å²) in [6.07, 6.45) is 11.0. The van der Waals surface area contributed by atoms with Gasteiger partial charge in [-0.05, 0) is 87.0 Å². The number of likely N-dealkylation sites (N-methyl/N-ethyl adjacent to an activating group) is 1. The maximum absolute atomic E-state index is 13.8. The van der Waals surface area contributed by atoms with Gasteiger partial charge in [0.1, 0.15) is 17.5 Å². The van der Waals surface area contributed by atoms with Crippen molar-refractivity contribution in [3.8, 4) is 11.5 Å². The molecule has 2 aliphatic carbocycles. The number of hydrogen-bond acceptors (Lipinski definition) is 10. The lowest BCUT2D eigenvalue weighted by Crippen LogP contribution is -2.69. The molecule has 1 aromatic carbocycles. The SMILES string of the molecule is CN(C(=O)NCCCN1CCCC1=O)C1CC(=NOC2CCCCO2)C2=CC(CCCCO)C(CCCCO)C3c4cc(O)ccc4OC1(O)C23. The largest absolute Gasteiger partial charge is 0.508 e. The van der Waals surface area contributed by atoms with E-state index < -0.39 is 24.0 Å². The van der Waals surface area contributed by atoms with Gasteiger partial charge in [-0.3, -0.25) is 4.79 Å². The van der Waals surface area contributed by atoms with Crippen LogP contribution in [0, 0.1) is 17.8 Å². The Morgan fingerprint density at radius 1 is 1.12 bits per heavy atom. The molecule has 1 aromatic rings. The molecule has 5 aliphatic rings. The van der Waals surface area contributed by atoms with E-state index in [0.717, 1.165) is 62.6 Å². The van der Waals surface area contributed by atoms with Gasteiger partial charge in [-0.2, -0.15) is 0 Å². The normalized spacial score (nSPS) is 30.7. The van der Waals surface area contributed by atoms with Crippen molar-refractivity contribution >= 4 is 17.6 Å². The number of aliphatic hydroxyl groups is 3. The molecule has 51 heavy (non-hydrogen) atoms. The number of phenolic OH excluding ortho intramolecular Hbond substituents is 1. The van der Waals surface area contributed by atoms with Gasteiger partial charge >= 0.3 is 6.03 Å². The van der Waals surface area contributed by atoms with Crippen LogP contribution >= 0.6 is 0 Å². The highest BCUT2D eigenvalue weighted by atomic mass is 16.8. The Labute approximate surface area is 300 Å². The zero-order valence-electron chi connectivity index (χ0n) is 29.9. The Morgan fingerprint density at radius 3 is 2.65 bits per heavy atom. The molecule has 2 saturated heterocycles. The highest BCUT2D eigenvalue weighted by molar-refractivity contribution is 6.03. The number of oxime groups is 1. The van der Waals surface area contributed by atoms with Gasteiger partial charge in [0, 0.05) is 70.6 Å². The minimum absolute atomic E-state index is 0.00925. The molecular formula is C38H56N4O9. The molecule has 13 nitrogen and oxygen atoms in total. The molecule has 3 fully saturated rings. The summed E-state index contributed by atoms with van der Waals surface area (Å²) in [5.74, 6) is -2.04. The Bertz CT molecular complexity index is 1430. The molecule has 282 valence electrons. The second-order valence-corrected chi connectivity index (χ2v) is 14.8. The summed E-state index contributed by atoms with van der Waals surface area (Å²) < 4.78 is 12.4. The third-order valence-corrected chi connectivity index (χ3v) is 11.5. The van der Waals surface area contributed by atoms with Crippen LogP contribution in [0.15, 0.2) is 35.0 Å². The summed E-state index contributed by atoms with van der Waals surface area (Å²) in [4.78, 5) is 35.2. The predicted octanol–water partition coefficient (Wildman–Crippen LogP) is 4.00. The Hall–Kier alpha value is -3.39. The van der Waals surface area contributed by atoms with Gasteiger partial charge in [0.15, 0.2) is 0 Å². The maximum atomic E-state index is 13.8. The van der Waals surface area contributed by atoms with Crippen LogP contribution in [-0.4, -0.2) is 112 Å². The summed E-state index contributed by atoms with van der Waals surface area (Å²) in [5.41, 5.74) is 2.21. The average molecular weight is 713 g/mol. The molecule has 5 N–H and O–H groups in total. The van der Waals surface area contributed by atoms with Crippen LogP contribution in [-0.2, 0) is 14.4 Å². The van der Waals surface area contributed by atoms with E-state index in [1.807, 2.05) is 4.90 Å². The molecule has 0 spiro atoms. The Kier molecular flexibility index (Phi) is 12.4. The number of aromatic hydroxyl groups is 1. The molecule has 6 rings (SSSR count). The molecule has 0 aromatic heterocycles. The number of rotatable bonds is 15. The highest BCUT2D eigenvalue weighted by Gasteiger charge is 2.63. The second kappa shape index (κ2) is 17.0. The van der Waals surface area contributed by atoms with Gasteiger partial charge in [0.05, 0.1) is 18.2 Å². The quantitative estimate of drug-likeness (QED) is 0.133. The van der Waals surface area contributed by atoms with Crippen molar-refractivity contribution in [3.05, 3.63) is 35.4 Å². The minimum Gasteiger partial charge on any atom is -0.508 e. The van der Waals surface area contributed by atoms with E-state index >= 15 is 0 Å². The first-order valence-electron chi connectivity index (χ1n) is 19.1. The van der Waals surface area contributed by atoms with E-state index in [2.05, 4.69) is 11.4 Å². The van der Waals surface area contributed by atoms with Crippen LogP contribution in [0.2, 0.25) is 0 Å². The van der Waals surface area contributed by atoms with Gasteiger partial charge in [-0.25, -0.2) is 4.79 Å². The van der Waals surface area contributed by atoms with Crippen LogP contribution in [0.25, 0.3) is 0 Å². The van der Waals surface area contributed by atoms with Crippen LogP contribution in [0.1, 0.15) is 95.0 Å². The summed E-state index contributed by atoms with van der Waals surface area (Å²) in [6, 6.07) is 3.72. The van der Waals surface area contributed by atoms with Gasteiger partial charge in [-0.1, -0.05) is 24.1 Å². The fraction of sp³-hybridized carbons (Fsp3) is 0.711. The van der Waals surface area contributed by atoms with E-state index in [4.69, 9.17) is 19.5 Å². The maximum Gasteiger partial charge on any atom is 0.317 e. The number of carbonyl (C=O) groups is 2. The number of benzene rings is 1. The second-order valence-electron chi connectivity index (χ2n) is 14.8. The molecule has 0 bridgehead atoms. The first-order chi connectivity index (χ1) is 24.7. The lowest BCUT2D eigenvalue weighted by Gasteiger charge is -2.58. The summed E-state index contributed by atoms with van der Waals surface area (Å²) in [7, 11) is 1.66. The smallest absolute Gasteiger partial charge is 0.317 e. The fourth-order valence-electron chi connectivity index (χ4n) is 8.95. The van der Waals surface area contributed by atoms with Gasteiger partial charge < -0.3 is 49.9 Å². The number of likely N-dealkylation sites (tertiary alicyclic amines) is 1. The number of carbonyl (C=O) groups excluding carboxylic acids is 2. The molecule has 13 heteroatoms. The summed E-state index contributed by atoms with van der Waals surface area (Å²) in [5, 5.41) is 50.7. The number of nitrogens with zero attached hydrogens (tertiary/aromatic N) is 3. The van der Waals surface area contributed by atoms with E-state index in [0.29, 0.717) is 63.3 Å². The third kappa shape index (κ3) is 8.16. The molecule has 7 unspecified atom stereocenters. The predicted molar refractivity (Wildman–Crippen MR) is 189 cm³/mol. The van der Waals surface area contributed by atoms with Crippen molar-refractivity contribution < 1.29 is 44.3 Å². The van der Waals surface area contributed by atoms with Crippen LogP contribution in [0.4, 0.5) is 4.79 Å². The van der Waals surface area contributed by atoms with Crippen molar-refractivity contribution in [1.29, 1.82) is 0 Å². The standard InChI is InChI=1S/C38H56N4O9/c1-41(37(47)39-16-9-18-42-17-8-12-33(42)46)32-24-30(40-51-34-13-4-7-21-49-34)28-22-25(10-2-5-19-43)27(11-3-6-20-44)35-29-23-26(45)14-15-31(29)50-38(32,48)36(28)35/h14-15,22-23,25,27,32,34-36,43-45,48H,2-13,16-21,24H2,1H3,(H,39,47). The monoisotopic (exact) mass is 712 g/mol. The number of nitrogens with one attached hydrogen (secondary N) is 1. The van der Waals surface area contributed by atoms with Crippen molar-refractivity contribution in [2.24, 2.45) is 22.9 Å². The number of ether oxygens (including phenoxy) is 2. The van der Waals surface area contributed by atoms with Crippen molar-refractivity contribution in [2.75, 3.05) is 46.5 Å². The number of fused-ring (bicyclic) bond motifs is 2. The van der Waals surface area contributed by atoms with Crippen molar-refractivity contribution in [1.82, 2.24) is 15.1 Å². The van der Waals surface area contributed by atoms with Crippen LogP contribution in [0.5, 0.6) is 11.5 Å². The minimum atomic E-state index is -1.85. The molecule has 3 amide bonds.